The largest absolute Gasteiger partial charge is 0.474 e. The fourth-order valence-electron chi connectivity index (χ4n) is 4.02. The van der Waals surface area contributed by atoms with Crippen molar-refractivity contribution in [2.24, 2.45) is 0 Å². The van der Waals surface area contributed by atoms with E-state index < -0.39 is 0 Å². The van der Waals surface area contributed by atoms with E-state index in [1.807, 2.05) is 68.1 Å². The van der Waals surface area contributed by atoms with Gasteiger partial charge in [-0.25, -0.2) is 0 Å². The molecule has 3 aromatic rings. The minimum absolute atomic E-state index is 0.0199. The molecule has 0 radical (unpaired) electrons. The monoisotopic (exact) mass is 444 g/mol. The molecule has 33 heavy (non-hydrogen) atoms. The number of amides is 1. The summed E-state index contributed by atoms with van der Waals surface area (Å²) in [5.41, 5.74) is 6.22. The number of benzene rings is 2. The number of nitrogens with one attached hydrogen (secondary N) is 1. The van der Waals surface area contributed by atoms with Gasteiger partial charge in [0.2, 0.25) is 5.88 Å². The third kappa shape index (κ3) is 4.76. The molecule has 4 rings (SSSR count). The Labute approximate surface area is 193 Å². The molecular formula is C26H28N4O3. The maximum atomic E-state index is 13.1. The molecule has 1 aliphatic rings. The first kappa shape index (κ1) is 22.6. The third-order valence-electron chi connectivity index (χ3n) is 6.07. The van der Waals surface area contributed by atoms with Gasteiger partial charge in [-0.2, -0.15) is 5.26 Å². The fourth-order valence-corrected chi connectivity index (χ4v) is 4.02. The number of ether oxygens (including phenoxy) is 2. The summed E-state index contributed by atoms with van der Waals surface area (Å²) in [4.78, 5) is 15.0. The number of H-pyrrole nitrogens is 1. The van der Waals surface area contributed by atoms with Gasteiger partial charge in [0.25, 0.3) is 5.91 Å². The lowest BCUT2D eigenvalue weighted by Gasteiger charge is -2.39. The normalized spacial score (nSPS) is 13.5. The molecule has 1 fully saturated rings. The maximum Gasteiger partial charge on any atom is 0.253 e. The van der Waals surface area contributed by atoms with Crippen LogP contribution in [-0.4, -0.2) is 53.9 Å². The highest BCUT2D eigenvalue weighted by molar-refractivity contribution is 5.96. The van der Waals surface area contributed by atoms with Gasteiger partial charge in [0.15, 0.2) is 0 Å². The van der Waals surface area contributed by atoms with Crippen LogP contribution >= 0.6 is 0 Å². The first-order valence-corrected chi connectivity index (χ1v) is 11.2. The van der Waals surface area contributed by atoms with E-state index in [1.54, 1.807) is 0 Å². The van der Waals surface area contributed by atoms with E-state index in [2.05, 4.69) is 16.3 Å². The van der Waals surface area contributed by atoms with Gasteiger partial charge in [0.1, 0.15) is 6.61 Å². The molecule has 7 heteroatoms. The number of likely N-dealkylation sites (tertiary alicyclic amines) is 1. The summed E-state index contributed by atoms with van der Waals surface area (Å²) in [6.45, 7) is 8.88. The summed E-state index contributed by atoms with van der Waals surface area (Å²) >= 11 is 0. The highest BCUT2D eigenvalue weighted by Gasteiger charge is 2.32. The van der Waals surface area contributed by atoms with Crippen LogP contribution in [0.1, 0.15) is 45.5 Å². The van der Waals surface area contributed by atoms with Crippen molar-refractivity contribution < 1.29 is 14.3 Å². The molecule has 1 saturated heterocycles. The van der Waals surface area contributed by atoms with Crippen molar-refractivity contribution >= 4 is 5.91 Å². The zero-order chi connectivity index (χ0) is 23.4. The van der Waals surface area contributed by atoms with Crippen LogP contribution in [0.15, 0.2) is 42.5 Å². The Bertz CT molecular complexity index is 1170. The molecule has 1 amide bonds. The molecule has 0 unspecified atom stereocenters. The van der Waals surface area contributed by atoms with Crippen LogP contribution < -0.4 is 4.74 Å². The van der Waals surface area contributed by atoms with Crippen LogP contribution in [0.2, 0.25) is 0 Å². The Morgan fingerprint density at radius 2 is 1.94 bits per heavy atom. The lowest BCUT2D eigenvalue weighted by molar-refractivity contribution is 0.0602. The molecule has 2 heterocycles. The molecule has 0 bridgehead atoms. The van der Waals surface area contributed by atoms with E-state index in [0.717, 1.165) is 27.9 Å². The number of nitriles is 1. The number of carbonyl (C=O) groups excluding carboxylic acids is 1. The van der Waals surface area contributed by atoms with Gasteiger partial charge >= 0.3 is 0 Å². The summed E-state index contributed by atoms with van der Waals surface area (Å²) in [6.07, 6.45) is 0. The second kappa shape index (κ2) is 9.88. The molecule has 0 spiro atoms. The van der Waals surface area contributed by atoms with Crippen LogP contribution in [0.4, 0.5) is 0 Å². The summed E-state index contributed by atoms with van der Waals surface area (Å²) < 4.78 is 11.0. The Kier molecular flexibility index (Phi) is 6.76. The van der Waals surface area contributed by atoms with E-state index >= 15 is 0 Å². The number of aromatic nitrogens is 2. The third-order valence-corrected chi connectivity index (χ3v) is 6.07. The van der Waals surface area contributed by atoms with Crippen LogP contribution in [0.25, 0.3) is 11.3 Å². The van der Waals surface area contributed by atoms with Crippen molar-refractivity contribution in [2.45, 2.75) is 26.7 Å². The molecular weight excluding hydrogens is 416 g/mol. The first-order valence-electron chi connectivity index (χ1n) is 11.2. The van der Waals surface area contributed by atoms with Crippen LogP contribution in [0.3, 0.4) is 0 Å². The summed E-state index contributed by atoms with van der Waals surface area (Å²) in [5.74, 6) is 0.873. The quantitative estimate of drug-likeness (QED) is 0.525. The van der Waals surface area contributed by atoms with Crippen molar-refractivity contribution in [3.05, 3.63) is 70.3 Å². The number of aryl methyl sites for hydroxylation is 1. The van der Waals surface area contributed by atoms with Gasteiger partial charge in [0.05, 0.1) is 23.9 Å². The minimum Gasteiger partial charge on any atom is -0.474 e. The van der Waals surface area contributed by atoms with E-state index in [0.29, 0.717) is 55.8 Å². The molecule has 0 atom stereocenters. The Hall–Kier alpha value is -3.63. The van der Waals surface area contributed by atoms with Crippen LogP contribution in [-0.2, 0) is 4.74 Å². The van der Waals surface area contributed by atoms with Crippen molar-refractivity contribution in [1.29, 1.82) is 5.26 Å². The molecule has 1 N–H and O–H groups in total. The van der Waals surface area contributed by atoms with Crippen LogP contribution in [0.5, 0.6) is 5.88 Å². The average molecular weight is 445 g/mol. The Balaban J connectivity index is 1.45. The molecule has 0 saturated carbocycles. The van der Waals surface area contributed by atoms with Crippen LogP contribution in [0, 0.1) is 25.2 Å². The SMILES string of the molecule is CCOCCOc1n[nH]c(-c2cc(C(=O)N3CC(c4ccc(C#N)cc4)C3)ccc2C)c1C. The number of aromatic amines is 1. The van der Waals surface area contributed by atoms with E-state index in [9.17, 15) is 4.79 Å². The van der Waals surface area contributed by atoms with Gasteiger partial charge in [-0.15, -0.1) is 5.10 Å². The van der Waals surface area contributed by atoms with E-state index in [4.69, 9.17) is 14.7 Å². The molecule has 0 aliphatic carbocycles. The Morgan fingerprint density at radius 3 is 2.64 bits per heavy atom. The number of hydrogen-bond donors (Lipinski definition) is 1. The number of carbonyl (C=O) groups is 1. The predicted octanol–water partition coefficient (Wildman–Crippen LogP) is 4.22. The average Bonchev–Trinajstić information content (AvgIpc) is 3.16. The second-order valence-corrected chi connectivity index (χ2v) is 8.24. The van der Waals surface area contributed by atoms with Gasteiger partial charge in [0, 0.05) is 42.3 Å². The zero-order valence-electron chi connectivity index (χ0n) is 19.2. The van der Waals surface area contributed by atoms with Gasteiger partial charge in [-0.05, 0) is 56.2 Å². The summed E-state index contributed by atoms with van der Waals surface area (Å²) in [7, 11) is 0. The van der Waals surface area contributed by atoms with Crippen molar-refractivity contribution in [2.75, 3.05) is 32.9 Å². The Morgan fingerprint density at radius 1 is 1.18 bits per heavy atom. The highest BCUT2D eigenvalue weighted by atomic mass is 16.5. The molecule has 7 nitrogen and oxygen atoms in total. The fraction of sp³-hybridized carbons (Fsp3) is 0.346. The van der Waals surface area contributed by atoms with Crippen molar-refractivity contribution in [1.82, 2.24) is 15.1 Å². The molecule has 1 aromatic heterocycles. The predicted molar refractivity (Wildman–Crippen MR) is 125 cm³/mol. The number of nitrogens with zero attached hydrogens (tertiary/aromatic N) is 3. The van der Waals surface area contributed by atoms with Gasteiger partial charge < -0.3 is 14.4 Å². The second-order valence-electron chi connectivity index (χ2n) is 8.24. The number of hydrogen-bond acceptors (Lipinski definition) is 5. The lowest BCUT2D eigenvalue weighted by Crippen LogP contribution is -2.48. The molecule has 1 aliphatic heterocycles. The van der Waals surface area contributed by atoms with Gasteiger partial charge in [-0.3, -0.25) is 9.89 Å². The van der Waals surface area contributed by atoms with Gasteiger partial charge in [-0.1, -0.05) is 18.2 Å². The van der Waals surface area contributed by atoms with E-state index in [1.165, 1.54) is 0 Å². The smallest absolute Gasteiger partial charge is 0.253 e. The summed E-state index contributed by atoms with van der Waals surface area (Å²) in [6, 6.07) is 15.5. The standard InChI is InChI=1S/C26H28N4O3/c1-4-32-11-12-33-25-18(3)24(28-29-25)23-13-21(8-5-17(23)2)26(31)30-15-22(16-30)20-9-6-19(14-27)7-10-20/h5-10,13,22H,4,11-12,15-16H2,1-3H3,(H,28,29). The lowest BCUT2D eigenvalue weighted by atomic mass is 9.90. The van der Waals surface area contributed by atoms with E-state index in [-0.39, 0.29) is 5.91 Å². The maximum absolute atomic E-state index is 13.1. The zero-order valence-corrected chi connectivity index (χ0v) is 19.2. The first-order chi connectivity index (χ1) is 16.0. The number of rotatable bonds is 8. The molecule has 2 aromatic carbocycles. The molecule has 170 valence electrons. The van der Waals surface area contributed by atoms with Crippen molar-refractivity contribution in [3.63, 3.8) is 0 Å². The summed E-state index contributed by atoms with van der Waals surface area (Å²) in [5, 5.41) is 16.3. The highest BCUT2D eigenvalue weighted by Crippen LogP contribution is 2.32. The minimum atomic E-state index is 0.0199. The van der Waals surface area contributed by atoms with Crippen molar-refractivity contribution in [3.8, 4) is 23.2 Å². The topological polar surface area (TPSA) is 91.2 Å².